The number of hydrogen-bond acceptors (Lipinski definition) is 6. The van der Waals surface area contributed by atoms with E-state index in [0.29, 0.717) is 0 Å². The monoisotopic (exact) mass is 670 g/mol. The Morgan fingerprint density at radius 1 is 0.553 bits per heavy atom. The standard InChI is InChI=1S/C20H17ClN2S.C20H18N2S/c1-12-13(2)24-20(14-7-3-5-9-16(14)21)18(12)19-15-8-4-6-10-17(15)22-11-23-19;1-13-14(2)23-20(15-8-4-3-5-9-15)18(13)19-16-10-6-7-11-17(16)21-12-22-19/h3-11,19H,1-2H3,(H,22,23);3-12,19H,1-2H3,(H,21,22). The van der Waals surface area contributed by atoms with Gasteiger partial charge in [-0.25, -0.2) is 0 Å². The van der Waals surface area contributed by atoms with Crippen LogP contribution in [0.2, 0.25) is 5.02 Å². The first kappa shape index (κ1) is 31.1. The number of aryl methyl sites for hydroxylation is 2. The molecule has 2 unspecified atom stereocenters. The molecule has 4 heterocycles. The molecule has 47 heavy (non-hydrogen) atoms. The summed E-state index contributed by atoms with van der Waals surface area (Å²) in [4.78, 5) is 14.8. The molecule has 7 heteroatoms. The molecule has 2 aromatic heterocycles. The Morgan fingerprint density at radius 3 is 1.60 bits per heavy atom. The van der Waals surface area contributed by atoms with E-state index in [1.807, 2.05) is 41.9 Å². The maximum absolute atomic E-state index is 6.49. The predicted molar refractivity (Wildman–Crippen MR) is 204 cm³/mol. The lowest BCUT2D eigenvalue weighted by Crippen LogP contribution is -2.12. The first-order valence-electron chi connectivity index (χ1n) is 15.7. The van der Waals surface area contributed by atoms with Crippen LogP contribution in [0, 0.1) is 27.7 Å². The Bertz CT molecular complexity index is 2130. The number of anilines is 2. The molecule has 4 aromatic carbocycles. The molecule has 0 saturated heterocycles. The molecule has 0 spiro atoms. The molecule has 2 atom stereocenters. The smallest absolute Gasteiger partial charge is 0.105 e. The number of nitrogens with one attached hydrogen (secondary N) is 2. The molecule has 0 amide bonds. The van der Waals surface area contributed by atoms with E-state index < -0.39 is 0 Å². The zero-order valence-electron chi connectivity index (χ0n) is 26.7. The molecule has 0 bridgehead atoms. The van der Waals surface area contributed by atoms with Crippen molar-refractivity contribution in [1.29, 1.82) is 0 Å². The molecule has 0 radical (unpaired) electrons. The van der Waals surface area contributed by atoms with E-state index in [-0.39, 0.29) is 12.1 Å². The second-order valence-electron chi connectivity index (χ2n) is 11.7. The zero-order valence-corrected chi connectivity index (χ0v) is 29.1. The first-order valence-corrected chi connectivity index (χ1v) is 17.7. The lowest BCUT2D eigenvalue weighted by Gasteiger charge is -2.23. The summed E-state index contributed by atoms with van der Waals surface area (Å²) in [7, 11) is 0. The maximum Gasteiger partial charge on any atom is 0.105 e. The minimum absolute atomic E-state index is 0.00123. The largest absolute Gasteiger partial charge is 0.346 e. The topological polar surface area (TPSA) is 48.8 Å². The molecule has 0 fully saturated rings. The molecular weight excluding hydrogens is 636 g/mol. The number of benzene rings is 4. The number of nitrogens with zero attached hydrogens (tertiary/aromatic N) is 2. The highest BCUT2D eigenvalue weighted by Gasteiger charge is 2.28. The van der Waals surface area contributed by atoms with Gasteiger partial charge in [-0.1, -0.05) is 96.5 Å². The van der Waals surface area contributed by atoms with E-state index in [4.69, 9.17) is 21.6 Å². The van der Waals surface area contributed by atoms with Crippen molar-refractivity contribution in [3.05, 3.63) is 151 Å². The van der Waals surface area contributed by atoms with Crippen LogP contribution in [0.4, 0.5) is 11.4 Å². The Balaban J connectivity index is 0.000000150. The predicted octanol–water partition coefficient (Wildman–Crippen LogP) is 11.8. The van der Waals surface area contributed by atoms with Crippen molar-refractivity contribution in [2.45, 2.75) is 39.8 Å². The van der Waals surface area contributed by atoms with Crippen LogP contribution >= 0.6 is 34.3 Å². The number of fused-ring (bicyclic) bond motifs is 2. The number of para-hydroxylation sites is 2. The van der Waals surface area contributed by atoms with Crippen LogP contribution in [-0.4, -0.2) is 12.7 Å². The van der Waals surface area contributed by atoms with E-state index in [1.54, 1.807) is 17.7 Å². The van der Waals surface area contributed by atoms with Gasteiger partial charge in [-0.3, -0.25) is 9.98 Å². The van der Waals surface area contributed by atoms with Gasteiger partial charge in [0, 0.05) is 63.7 Å². The third-order valence-electron chi connectivity index (χ3n) is 8.96. The molecule has 6 aromatic rings. The quantitative estimate of drug-likeness (QED) is 0.196. The molecule has 8 rings (SSSR count). The normalized spacial score (nSPS) is 15.9. The number of rotatable bonds is 4. The highest BCUT2D eigenvalue weighted by molar-refractivity contribution is 7.16. The van der Waals surface area contributed by atoms with Gasteiger partial charge in [0.2, 0.25) is 0 Å². The Labute approximate surface area is 289 Å². The van der Waals surface area contributed by atoms with Crippen molar-refractivity contribution in [2.24, 2.45) is 9.98 Å². The molecule has 2 aliphatic heterocycles. The SMILES string of the molecule is Cc1sc(-c2ccccc2)c(C2N=CNc3ccccc32)c1C.Cc1sc(-c2ccccc2Cl)c(C2N=CNc3ccccc32)c1C. The van der Waals surface area contributed by atoms with Crippen LogP contribution in [-0.2, 0) is 0 Å². The fourth-order valence-electron chi connectivity index (χ4n) is 6.31. The van der Waals surface area contributed by atoms with E-state index in [1.165, 1.54) is 58.5 Å². The van der Waals surface area contributed by atoms with Gasteiger partial charge in [-0.05, 0) is 62.6 Å². The molecule has 234 valence electrons. The van der Waals surface area contributed by atoms with Crippen molar-refractivity contribution >= 4 is 58.3 Å². The highest BCUT2D eigenvalue weighted by atomic mass is 35.5. The van der Waals surface area contributed by atoms with Gasteiger partial charge in [0.05, 0.1) is 12.7 Å². The van der Waals surface area contributed by atoms with Gasteiger partial charge in [-0.15, -0.1) is 22.7 Å². The molecule has 4 nitrogen and oxygen atoms in total. The van der Waals surface area contributed by atoms with E-state index in [9.17, 15) is 0 Å². The zero-order chi connectivity index (χ0) is 32.5. The summed E-state index contributed by atoms with van der Waals surface area (Å²) in [5, 5.41) is 7.29. The molecule has 2 aliphatic rings. The molecule has 2 N–H and O–H groups in total. The summed E-state index contributed by atoms with van der Waals surface area (Å²) in [6.45, 7) is 8.77. The van der Waals surface area contributed by atoms with Crippen molar-refractivity contribution < 1.29 is 0 Å². The number of aliphatic imine (C=N–C) groups is 2. The summed E-state index contributed by atoms with van der Waals surface area (Å²) < 4.78 is 0. The van der Waals surface area contributed by atoms with Crippen LogP contribution in [0.25, 0.3) is 20.9 Å². The number of thiophene rings is 2. The van der Waals surface area contributed by atoms with Gasteiger partial charge < -0.3 is 10.6 Å². The third-order valence-corrected chi connectivity index (χ3v) is 11.8. The van der Waals surface area contributed by atoms with Gasteiger partial charge in [-0.2, -0.15) is 0 Å². The average molecular weight is 671 g/mol. The van der Waals surface area contributed by atoms with Crippen LogP contribution < -0.4 is 10.6 Å². The van der Waals surface area contributed by atoms with Crippen molar-refractivity contribution in [2.75, 3.05) is 10.6 Å². The minimum Gasteiger partial charge on any atom is -0.346 e. The lowest BCUT2D eigenvalue weighted by atomic mass is 9.92. The number of hydrogen-bond donors (Lipinski definition) is 2. The van der Waals surface area contributed by atoms with Gasteiger partial charge >= 0.3 is 0 Å². The Kier molecular flexibility index (Phi) is 8.82. The lowest BCUT2D eigenvalue weighted by molar-refractivity contribution is 0.867. The second kappa shape index (κ2) is 13.3. The van der Waals surface area contributed by atoms with Crippen molar-refractivity contribution in [3.8, 4) is 20.9 Å². The summed E-state index contributed by atoms with van der Waals surface area (Å²) in [6, 6.07) is 35.5. The Morgan fingerprint density at radius 2 is 1.02 bits per heavy atom. The van der Waals surface area contributed by atoms with E-state index in [0.717, 1.165) is 22.0 Å². The molecule has 0 aliphatic carbocycles. The minimum atomic E-state index is -0.00123. The van der Waals surface area contributed by atoms with Gasteiger partial charge in [0.1, 0.15) is 12.1 Å². The summed E-state index contributed by atoms with van der Waals surface area (Å²) in [5.74, 6) is 0. The maximum atomic E-state index is 6.49. The third kappa shape index (κ3) is 5.93. The van der Waals surface area contributed by atoms with Crippen molar-refractivity contribution in [1.82, 2.24) is 0 Å². The summed E-state index contributed by atoms with van der Waals surface area (Å²) >= 11 is 10.2. The van der Waals surface area contributed by atoms with E-state index >= 15 is 0 Å². The first-order chi connectivity index (χ1) is 22.9. The van der Waals surface area contributed by atoms with Gasteiger partial charge in [0.15, 0.2) is 0 Å². The van der Waals surface area contributed by atoms with Crippen LogP contribution in [0.5, 0.6) is 0 Å². The van der Waals surface area contributed by atoms with Crippen LogP contribution in [0.1, 0.15) is 55.2 Å². The second-order valence-corrected chi connectivity index (χ2v) is 14.6. The summed E-state index contributed by atoms with van der Waals surface area (Å²) in [5.41, 5.74) is 12.3. The number of halogens is 1. The average Bonchev–Trinajstić information content (AvgIpc) is 3.58. The van der Waals surface area contributed by atoms with Gasteiger partial charge in [0.25, 0.3) is 0 Å². The van der Waals surface area contributed by atoms with Crippen molar-refractivity contribution in [3.63, 3.8) is 0 Å². The van der Waals surface area contributed by atoms with E-state index in [2.05, 4.69) is 117 Å². The summed E-state index contributed by atoms with van der Waals surface area (Å²) in [6.07, 6.45) is 3.63. The highest BCUT2D eigenvalue weighted by Crippen LogP contribution is 2.47. The fourth-order valence-corrected chi connectivity index (χ4v) is 9.03. The fraction of sp³-hybridized carbons (Fsp3) is 0.150. The van der Waals surface area contributed by atoms with Crippen LogP contribution in [0.3, 0.4) is 0 Å². The molecule has 0 saturated carbocycles. The Hall–Kier alpha value is -4.49. The van der Waals surface area contributed by atoms with Crippen LogP contribution in [0.15, 0.2) is 113 Å². The molecular formula is C40H35ClN4S2.